The highest BCUT2D eigenvalue weighted by Crippen LogP contribution is 2.11. The van der Waals surface area contributed by atoms with Crippen LogP contribution in [0.1, 0.15) is 37.0 Å². The fourth-order valence-electron chi connectivity index (χ4n) is 2.27. The predicted octanol–water partition coefficient (Wildman–Crippen LogP) is 1.67. The van der Waals surface area contributed by atoms with Gasteiger partial charge in [-0.2, -0.15) is 0 Å². The van der Waals surface area contributed by atoms with Crippen molar-refractivity contribution in [2.24, 2.45) is 5.92 Å². The number of benzene rings is 1. The molecule has 26 heavy (non-hydrogen) atoms. The molecule has 0 aliphatic heterocycles. The van der Waals surface area contributed by atoms with Gasteiger partial charge in [0.15, 0.2) is 0 Å². The molecular weight excluding hydrogens is 342 g/mol. The number of nitrogens with one attached hydrogen (secondary N) is 1. The normalized spacial score (nSPS) is 10.4. The van der Waals surface area contributed by atoms with Crippen molar-refractivity contribution < 1.29 is 24.4 Å². The van der Waals surface area contributed by atoms with Crippen molar-refractivity contribution >= 4 is 23.5 Å². The smallest absolute Gasteiger partial charge is 0.305 e. The molecule has 0 aliphatic rings. The highest BCUT2D eigenvalue weighted by atomic mass is 16.6. The summed E-state index contributed by atoms with van der Waals surface area (Å²) in [5.41, 5.74) is 0.146. The molecule has 0 aliphatic carbocycles. The van der Waals surface area contributed by atoms with Gasteiger partial charge in [-0.3, -0.25) is 24.5 Å². The molecule has 2 amide bonds. The molecule has 0 fully saturated rings. The second-order valence-electron chi connectivity index (χ2n) is 6.19. The molecular formula is C17H23N3O6. The summed E-state index contributed by atoms with van der Waals surface area (Å²) in [5.74, 6) is -1.45. The Hall–Kier alpha value is -2.97. The Morgan fingerprint density at radius 2 is 1.81 bits per heavy atom. The first-order chi connectivity index (χ1) is 12.2. The number of hydrogen-bond donors (Lipinski definition) is 2. The van der Waals surface area contributed by atoms with Crippen LogP contribution in [-0.2, 0) is 9.59 Å². The number of nitrogens with zero attached hydrogens (tertiary/aromatic N) is 2. The molecule has 2 N–H and O–H groups in total. The lowest BCUT2D eigenvalue weighted by Crippen LogP contribution is -2.38. The third-order valence-corrected chi connectivity index (χ3v) is 3.50. The Morgan fingerprint density at radius 3 is 2.31 bits per heavy atom. The summed E-state index contributed by atoms with van der Waals surface area (Å²) in [6, 6.07) is 5.15. The largest absolute Gasteiger partial charge is 0.481 e. The first kappa shape index (κ1) is 21.1. The summed E-state index contributed by atoms with van der Waals surface area (Å²) in [7, 11) is 0. The number of carboxylic acids is 1. The molecule has 1 aromatic rings. The van der Waals surface area contributed by atoms with Gasteiger partial charge >= 0.3 is 5.97 Å². The number of non-ortho nitro benzene ring substituents is 1. The van der Waals surface area contributed by atoms with Gasteiger partial charge in [-0.1, -0.05) is 13.8 Å². The van der Waals surface area contributed by atoms with Gasteiger partial charge < -0.3 is 15.3 Å². The van der Waals surface area contributed by atoms with Gasteiger partial charge in [0.25, 0.3) is 11.6 Å². The number of nitro benzene ring substituents is 1. The van der Waals surface area contributed by atoms with Crippen molar-refractivity contribution in [1.29, 1.82) is 0 Å². The van der Waals surface area contributed by atoms with Gasteiger partial charge in [-0.25, -0.2) is 0 Å². The van der Waals surface area contributed by atoms with Crippen molar-refractivity contribution in [2.75, 3.05) is 19.6 Å². The van der Waals surface area contributed by atoms with Gasteiger partial charge in [0.05, 0.1) is 11.3 Å². The van der Waals surface area contributed by atoms with Crippen LogP contribution in [-0.4, -0.2) is 52.3 Å². The summed E-state index contributed by atoms with van der Waals surface area (Å²) < 4.78 is 0. The molecule has 0 atom stereocenters. The SMILES string of the molecule is CC(C)CN(CCC(=O)O)C(=O)CCNC(=O)c1ccc([N+](=O)[O-])cc1. The van der Waals surface area contributed by atoms with Crippen LogP contribution in [0.5, 0.6) is 0 Å². The molecule has 1 rings (SSSR count). The van der Waals surface area contributed by atoms with E-state index in [4.69, 9.17) is 5.11 Å². The Bertz CT molecular complexity index is 657. The fraction of sp³-hybridized carbons (Fsp3) is 0.471. The number of amides is 2. The summed E-state index contributed by atoms with van der Waals surface area (Å²) in [5, 5.41) is 21.9. The lowest BCUT2D eigenvalue weighted by atomic mass is 10.2. The molecule has 0 unspecified atom stereocenters. The summed E-state index contributed by atoms with van der Waals surface area (Å²) in [6.07, 6.45) is -0.0846. The zero-order valence-corrected chi connectivity index (χ0v) is 14.8. The maximum atomic E-state index is 12.2. The molecule has 1 aromatic carbocycles. The quantitative estimate of drug-likeness (QED) is 0.479. The zero-order valence-electron chi connectivity index (χ0n) is 14.8. The van der Waals surface area contributed by atoms with E-state index in [1.807, 2.05) is 13.8 Å². The predicted molar refractivity (Wildman–Crippen MR) is 93.7 cm³/mol. The van der Waals surface area contributed by atoms with Gasteiger partial charge in [0.1, 0.15) is 0 Å². The van der Waals surface area contributed by atoms with Gasteiger partial charge in [-0.15, -0.1) is 0 Å². The van der Waals surface area contributed by atoms with Crippen molar-refractivity contribution in [3.63, 3.8) is 0 Å². The molecule has 0 bridgehead atoms. The topological polar surface area (TPSA) is 130 Å². The summed E-state index contributed by atoms with van der Waals surface area (Å²) >= 11 is 0. The second-order valence-corrected chi connectivity index (χ2v) is 6.19. The van der Waals surface area contributed by atoms with E-state index in [2.05, 4.69) is 5.32 Å². The minimum Gasteiger partial charge on any atom is -0.481 e. The number of aliphatic carboxylic acids is 1. The van der Waals surface area contributed by atoms with E-state index >= 15 is 0 Å². The van der Waals surface area contributed by atoms with Gasteiger partial charge in [0.2, 0.25) is 5.91 Å². The average molecular weight is 365 g/mol. The molecule has 9 heteroatoms. The van der Waals surface area contributed by atoms with E-state index in [9.17, 15) is 24.5 Å². The Morgan fingerprint density at radius 1 is 1.19 bits per heavy atom. The lowest BCUT2D eigenvalue weighted by molar-refractivity contribution is -0.384. The van der Waals surface area contributed by atoms with Crippen molar-refractivity contribution in [2.45, 2.75) is 26.7 Å². The third kappa shape index (κ3) is 7.29. The first-order valence-corrected chi connectivity index (χ1v) is 8.23. The van der Waals surface area contributed by atoms with Crippen LogP contribution in [0, 0.1) is 16.0 Å². The number of carbonyl (C=O) groups is 3. The number of hydrogen-bond acceptors (Lipinski definition) is 5. The van der Waals surface area contributed by atoms with Crippen LogP contribution in [0.4, 0.5) is 5.69 Å². The van der Waals surface area contributed by atoms with Crippen LogP contribution in [0.2, 0.25) is 0 Å². The van der Waals surface area contributed by atoms with Crippen LogP contribution in [0.3, 0.4) is 0 Å². The van der Waals surface area contributed by atoms with Crippen LogP contribution >= 0.6 is 0 Å². The second kappa shape index (κ2) is 10.1. The van der Waals surface area contributed by atoms with Gasteiger partial charge in [0, 0.05) is 43.8 Å². The van der Waals surface area contributed by atoms with E-state index in [0.717, 1.165) is 0 Å². The zero-order chi connectivity index (χ0) is 19.7. The molecule has 9 nitrogen and oxygen atoms in total. The Kier molecular flexibility index (Phi) is 8.20. The van der Waals surface area contributed by atoms with Crippen molar-refractivity contribution in [3.8, 4) is 0 Å². The Balaban J connectivity index is 2.52. The van der Waals surface area contributed by atoms with Crippen molar-refractivity contribution in [1.82, 2.24) is 10.2 Å². The summed E-state index contributed by atoms with van der Waals surface area (Å²) in [4.78, 5) is 46.4. The molecule has 0 saturated carbocycles. The molecule has 142 valence electrons. The number of rotatable bonds is 10. The minimum atomic E-state index is -0.974. The fourth-order valence-corrected chi connectivity index (χ4v) is 2.27. The standard InChI is InChI=1S/C17H23N3O6/c1-12(2)11-19(10-8-16(22)23)15(21)7-9-18-17(24)13-3-5-14(6-4-13)20(25)26/h3-6,12H,7-11H2,1-2H3,(H,18,24)(H,22,23). The maximum absolute atomic E-state index is 12.2. The average Bonchev–Trinajstić information content (AvgIpc) is 2.57. The monoisotopic (exact) mass is 365 g/mol. The molecule has 0 saturated heterocycles. The molecule has 0 radical (unpaired) electrons. The lowest BCUT2D eigenvalue weighted by Gasteiger charge is -2.24. The number of nitro groups is 1. The maximum Gasteiger partial charge on any atom is 0.305 e. The third-order valence-electron chi connectivity index (χ3n) is 3.50. The molecule has 0 heterocycles. The van der Waals surface area contributed by atoms with E-state index in [1.54, 1.807) is 0 Å². The van der Waals surface area contributed by atoms with E-state index in [0.29, 0.717) is 6.54 Å². The van der Waals surface area contributed by atoms with E-state index in [1.165, 1.54) is 29.2 Å². The highest BCUT2D eigenvalue weighted by Gasteiger charge is 2.16. The Labute approximate surface area is 151 Å². The highest BCUT2D eigenvalue weighted by molar-refractivity contribution is 5.94. The van der Waals surface area contributed by atoms with Crippen LogP contribution < -0.4 is 5.32 Å². The first-order valence-electron chi connectivity index (χ1n) is 8.23. The minimum absolute atomic E-state index is 0.0467. The number of carbonyl (C=O) groups excluding carboxylic acids is 2. The van der Waals surface area contributed by atoms with Gasteiger partial charge in [-0.05, 0) is 18.1 Å². The van der Waals surface area contributed by atoms with Crippen LogP contribution in [0.15, 0.2) is 24.3 Å². The van der Waals surface area contributed by atoms with Crippen LogP contribution in [0.25, 0.3) is 0 Å². The van der Waals surface area contributed by atoms with E-state index < -0.39 is 16.8 Å². The van der Waals surface area contributed by atoms with E-state index in [-0.39, 0.29) is 49.0 Å². The molecule has 0 aromatic heterocycles. The summed E-state index contributed by atoms with van der Waals surface area (Å²) in [6.45, 7) is 4.52. The molecule has 0 spiro atoms. The van der Waals surface area contributed by atoms with Crippen molar-refractivity contribution in [3.05, 3.63) is 39.9 Å². The number of carboxylic acid groups (broad SMARTS) is 1.